The first-order chi connectivity index (χ1) is 16.9. The summed E-state index contributed by atoms with van der Waals surface area (Å²) in [5.41, 5.74) is -0.122. The molecule has 0 amide bonds. The maximum absolute atomic E-state index is 12.9. The zero-order valence-corrected chi connectivity index (χ0v) is 19.5. The first kappa shape index (κ1) is 24.2. The van der Waals surface area contributed by atoms with Crippen molar-refractivity contribution in [3.05, 3.63) is 108 Å². The van der Waals surface area contributed by atoms with E-state index in [1.807, 2.05) is 6.92 Å². The Morgan fingerprint density at radius 2 is 1.09 bits per heavy atom. The molecule has 1 fully saturated rings. The van der Waals surface area contributed by atoms with Crippen molar-refractivity contribution < 1.29 is 33.3 Å². The van der Waals surface area contributed by atoms with E-state index in [1.54, 1.807) is 97.9 Å². The Morgan fingerprint density at radius 3 is 1.51 bits per heavy atom. The van der Waals surface area contributed by atoms with Gasteiger partial charge in [-0.1, -0.05) is 61.5 Å². The third-order valence-corrected chi connectivity index (χ3v) is 5.98. The second-order valence-electron chi connectivity index (χ2n) is 8.35. The summed E-state index contributed by atoms with van der Waals surface area (Å²) in [5, 5.41) is 0. The molecule has 0 bridgehead atoms. The van der Waals surface area contributed by atoms with E-state index in [-0.39, 0.29) is 0 Å². The van der Waals surface area contributed by atoms with E-state index in [2.05, 4.69) is 0 Å². The van der Waals surface area contributed by atoms with Crippen molar-refractivity contribution >= 4 is 17.9 Å². The zero-order valence-electron chi connectivity index (χ0n) is 19.5. The van der Waals surface area contributed by atoms with Gasteiger partial charge in [0.05, 0.1) is 16.7 Å². The number of carbonyl (C=O) groups excluding carboxylic acids is 3. The van der Waals surface area contributed by atoms with E-state index in [4.69, 9.17) is 18.9 Å². The Bertz CT molecular complexity index is 1160. The Balaban J connectivity index is 1.64. The molecule has 35 heavy (non-hydrogen) atoms. The highest BCUT2D eigenvalue weighted by Crippen LogP contribution is 2.39. The number of benzene rings is 3. The van der Waals surface area contributed by atoms with Crippen molar-refractivity contribution in [3.63, 3.8) is 0 Å². The fraction of sp³-hybridized carbons (Fsp3) is 0.250. The average molecular weight is 475 g/mol. The minimum absolute atomic E-state index is 0.305. The van der Waals surface area contributed by atoms with Gasteiger partial charge in [0.25, 0.3) is 0 Å². The van der Waals surface area contributed by atoms with Crippen LogP contribution >= 0.6 is 0 Å². The van der Waals surface area contributed by atoms with Crippen LogP contribution < -0.4 is 0 Å². The molecule has 7 heteroatoms. The molecule has 1 heterocycles. The molecule has 1 aliphatic rings. The lowest BCUT2D eigenvalue weighted by atomic mass is 9.94. The number of carbonyl (C=O) groups is 3. The maximum atomic E-state index is 12.9. The second kappa shape index (κ2) is 10.5. The highest BCUT2D eigenvalue weighted by atomic mass is 16.8. The molecule has 4 rings (SSSR count). The Labute approximate surface area is 203 Å². The topological polar surface area (TPSA) is 88.1 Å². The van der Waals surface area contributed by atoms with Gasteiger partial charge in [-0.15, -0.1) is 0 Å². The molecular formula is C28H26O7. The van der Waals surface area contributed by atoms with Crippen LogP contribution in [0, 0.1) is 0 Å². The van der Waals surface area contributed by atoms with Crippen molar-refractivity contribution in [2.45, 2.75) is 44.4 Å². The molecule has 1 unspecified atom stereocenters. The fourth-order valence-electron chi connectivity index (χ4n) is 3.85. The Hall–Kier alpha value is -3.97. The molecule has 1 saturated heterocycles. The number of rotatable bonds is 7. The first-order valence-electron chi connectivity index (χ1n) is 11.4. The highest BCUT2D eigenvalue weighted by Gasteiger charge is 2.58. The predicted molar refractivity (Wildman–Crippen MR) is 127 cm³/mol. The van der Waals surface area contributed by atoms with Crippen LogP contribution in [0.2, 0.25) is 0 Å². The molecule has 0 radical (unpaired) electrons. The van der Waals surface area contributed by atoms with Gasteiger partial charge in [-0.25, -0.2) is 14.4 Å². The van der Waals surface area contributed by atoms with E-state index in [9.17, 15) is 14.4 Å². The van der Waals surface area contributed by atoms with Gasteiger partial charge >= 0.3 is 17.9 Å². The largest absolute Gasteiger partial charge is 0.451 e. The summed E-state index contributed by atoms with van der Waals surface area (Å²) in [6.07, 6.45) is -3.10. The first-order valence-corrected chi connectivity index (χ1v) is 11.4. The minimum Gasteiger partial charge on any atom is -0.451 e. The third kappa shape index (κ3) is 5.41. The lowest BCUT2D eigenvalue weighted by Crippen LogP contribution is -2.46. The van der Waals surface area contributed by atoms with Crippen molar-refractivity contribution in [2.24, 2.45) is 0 Å². The summed E-state index contributed by atoms with van der Waals surface area (Å²) in [4.78, 5) is 38.7. The fourth-order valence-corrected chi connectivity index (χ4v) is 3.85. The summed E-state index contributed by atoms with van der Waals surface area (Å²) >= 11 is 0. The van der Waals surface area contributed by atoms with E-state index < -0.39 is 42.0 Å². The molecule has 3 aromatic rings. The quantitative estimate of drug-likeness (QED) is 0.358. The molecule has 180 valence electrons. The smallest absolute Gasteiger partial charge is 0.340 e. The summed E-state index contributed by atoms with van der Waals surface area (Å²) in [6, 6.07) is 25.3. The summed E-state index contributed by atoms with van der Waals surface area (Å²) in [7, 11) is 0. The van der Waals surface area contributed by atoms with Crippen LogP contribution in [0.5, 0.6) is 0 Å². The van der Waals surface area contributed by atoms with Crippen molar-refractivity contribution in [3.8, 4) is 0 Å². The Kier molecular flexibility index (Phi) is 7.27. The van der Waals surface area contributed by atoms with Gasteiger partial charge in [-0.05, 0) is 49.7 Å². The SMILES string of the molecule is CC[C@@]1(C)OC(OC(=O)c2ccccc2)[C@H](OC(=O)c2ccccc2)[C@@H]1OC(=O)c1ccccc1. The molecule has 0 aromatic heterocycles. The van der Waals surface area contributed by atoms with E-state index in [0.29, 0.717) is 23.1 Å². The van der Waals surface area contributed by atoms with Crippen molar-refractivity contribution in [1.29, 1.82) is 0 Å². The van der Waals surface area contributed by atoms with Gasteiger partial charge in [0.1, 0.15) is 5.60 Å². The van der Waals surface area contributed by atoms with Crippen molar-refractivity contribution in [2.75, 3.05) is 0 Å². The van der Waals surface area contributed by atoms with Crippen LogP contribution in [0.15, 0.2) is 91.0 Å². The second-order valence-corrected chi connectivity index (χ2v) is 8.35. The van der Waals surface area contributed by atoms with E-state index in [1.165, 1.54) is 0 Å². The van der Waals surface area contributed by atoms with Gasteiger partial charge < -0.3 is 18.9 Å². The molecule has 4 atom stereocenters. The molecule has 3 aromatic carbocycles. The van der Waals surface area contributed by atoms with Crippen LogP contribution in [0.4, 0.5) is 0 Å². The van der Waals surface area contributed by atoms with Crippen molar-refractivity contribution in [1.82, 2.24) is 0 Å². The Morgan fingerprint density at radius 1 is 0.686 bits per heavy atom. The molecule has 0 aliphatic carbocycles. The molecular weight excluding hydrogens is 448 g/mol. The molecule has 1 aliphatic heterocycles. The third-order valence-electron chi connectivity index (χ3n) is 5.98. The lowest BCUT2D eigenvalue weighted by molar-refractivity contribution is -0.161. The number of ether oxygens (including phenoxy) is 4. The van der Waals surface area contributed by atoms with Crippen LogP contribution in [-0.2, 0) is 18.9 Å². The van der Waals surface area contributed by atoms with Gasteiger partial charge in [-0.3, -0.25) is 0 Å². The van der Waals surface area contributed by atoms with E-state index >= 15 is 0 Å². The average Bonchev–Trinajstić information content (AvgIpc) is 3.15. The standard InChI is InChI=1S/C28H26O7/c1-3-28(2)23(33-25(30)20-15-9-5-10-16-20)22(32-24(29)19-13-7-4-8-14-19)27(35-28)34-26(31)21-17-11-6-12-18-21/h4-18,22-23,27H,3H2,1-2H3/t22-,23+,27?,28-/m1/s1. The van der Waals surface area contributed by atoms with Gasteiger partial charge in [0.15, 0.2) is 6.10 Å². The van der Waals surface area contributed by atoms with Crippen LogP contribution in [0.25, 0.3) is 0 Å². The predicted octanol–water partition coefficient (Wildman–Crippen LogP) is 4.82. The van der Waals surface area contributed by atoms with Crippen LogP contribution in [0.3, 0.4) is 0 Å². The lowest BCUT2D eigenvalue weighted by Gasteiger charge is -2.29. The van der Waals surface area contributed by atoms with Gasteiger partial charge in [-0.2, -0.15) is 0 Å². The molecule has 7 nitrogen and oxygen atoms in total. The number of hydrogen-bond donors (Lipinski definition) is 0. The zero-order chi connectivity index (χ0) is 24.8. The molecule has 0 N–H and O–H groups in total. The summed E-state index contributed by atoms with van der Waals surface area (Å²) < 4.78 is 23.3. The maximum Gasteiger partial charge on any atom is 0.340 e. The van der Waals surface area contributed by atoms with Gasteiger partial charge in [0.2, 0.25) is 12.4 Å². The summed E-state index contributed by atoms with van der Waals surface area (Å²) in [5.74, 6) is -1.90. The monoisotopic (exact) mass is 474 g/mol. The van der Waals surface area contributed by atoms with Crippen LogP contribution in [0.1, 0.15) is 51.3 Å². The number of esters is 3. The highest BCUT2D eigenvalue weighted by molar-refractivity contribution is 5.91. The molecule has 0 spiro atoms. The van der Waals surface area contributed by atoms with Gasteiger partial charge in [0, 0.05) is 0 Å². The van der Waals surface area contributed by atoms with E-state index in [0.717, 1.165) is 0 Å². The van der Waals surface area contributed by atoms with Crippen LogP contribution in [-0.4, -0.2) is 42.0 Å². The normalized spacial score (nSPS) is 23.3. The molecule has 0 saturated carbocycles. The number of hydrogen-bond acceptors (Lipinski definition) is 7. The minimum atomic E-state index is -1.28. The summed E-state index contributed by atoms with van der Waals surface area (Å²) in [6.45, 7) is 3.58.